The van der Waals surface area contributed by atoms with E-state index in [1.54, 1.807) is 5.57 Å². The topological polar surface area (TPSA) is 44.8 Å². The first-order chi connectivity index (χ1) is 19.5. The first-order valence-electron chi connectivity index (χ1n) is 17.5. The highest BCUT2D eigenvalue weighted by atomic mass is 16.7. The molecule has 0 radical (unpaired) electrons. The van der Waals surface area contributed by atoms with Gasteiger partial charge < -0.3 is 14.2 Å². The summed E-state index contributed by atoms with van der Waals surface area (Å²) >= 11 is 0. The summed E-state index contributed by atoms with van der Waals surface area (Å²) in [6, 6.07) is 0. The van der Waals surface area contributed by atoms with Gasteiger partial charge in [-0.3, -0.25) is 4.79 Å². The van der Waals surface area contributed by atoms with E-state index in [-0.39, 0.29) is 12.1 Å². The number of hydrogen-bond acceptors (Lipinski definition) is 4. The Kier molecular flexibility index (Phi) is 9.72. The third kappa shape index (κ3) is 6.50. The van der Waals surface area contributed by atoms with Crippen molar-refractivity contribution in [1.82, 2.24) is 0 Å². The van der Waals surface area contributed by atoms with Gasteiger partial charge in [-0.25, -0.2) is 0 Å². The van der Waals surface area contributed by atoms with Crippen molar-refractivity contribution in [2.24, 2.45) is 51.8 Å². The molecule has 0 bridgehead atoms. The minimum Gasteiger partial charge on any atom is -0.462 e. The molecule has 0 aromatic heterocycles. The van der Waals surface area contributed by atoms with Crippen LogP contribution in [0.3, 0.4) is 0 Å². The van der Waals surface area contributed by atoms with E-state index in [4.69, 9.17) is 14.2 Å². The Balaban J connectivity index is 1.13. The minimum atomic E-state index is 0.0539. The molecule has 0 aliphatic heterocycles. The number of carbonyl (C=O) groups excluding carboxylic acids is 1. The lowest BCUT2D eigenvalue weighted by molar-refractivity contribution is -0.152. The summed E-state index contributed by atoms with van der Waals surface area (Å²) in [6.45, 7) is 17.9. The molecule has 0 heterocycles. The van der Waals surface area contributed by atoms with Crippen LogP contribution in [0.25, 0.3) is 0 Å². The summed E-state index contributed by atoms with van der Waals surface area (Å²) in [5, 5.41) is 0. The second-order valence-electron chi connectivity index (χ2n) is 16.5. The van der Waals surface area contributed by atoms with Gasteiger partial charge in [0.25, 0.3) is 0 Å². The molecular weight excluding hydrogens is 508 g/mol. The number of hydrogen-bond donors (Lipinski definition) is 0. The lowest BCUT2D eigenvalue weighted by Crippen LogP contribution is -2.51. The molecular formula is C37H62O4. The normalized spacial score (nSPS) is 41.5. The quantitative estimate of drug-likeness (QED) is 0.120. The average Bonchev–Trinajstić information content (AvgIpc) is 3.29. The van der Waals surface area contributed by atoms with Gasteiger partial charge in [0.15, 0.2) is 0 Å². The van der Waals surface area contributed by atoms with Crippen molar-refractivity contribution in [3.63, 3.8) is 0 Å². The highest BCUT2D eigenvalue weighted by Gasteiger charge is 2.59. The van der Waals surface area contributed by atoms with E-state index < -0.39 is 0 Å². The molecule has 0 N–H and O–H groups in total. The Morgan fingerprint density at radius 1 is 0.976 bits per heavy atom. The summed E-state index contributed by atoms with van der Waals surface area (Å²) < 4.78 is 17.6. The molecule has 4 fully saturated rings. The largest absolute Gasteiger partial charge is 0.462 e. The smallest absolute Gasteiger partial charge is 0.306 e. The number of rotatable bonds is 9. The van der Waals surface area contributed by atoms with Crippen LogP contribution in [0.4, 0.5) is 0 Å². The van der Waals surface area contributed by atoms with Crippen molar-refractivity contribution in [3.8, 4) is 0 Å². The van der Waals surface area contributed by atoms with Gasteiger partial charge >= 0.3 is 5.97 Å². The number of carbonyl (C=O) groups is 1. The van der Waals surface area contributed by atoms with Crippen LogP contribution in [0.1, 0.15) is 138 Å². The average molecular weight is 571 g/mol. The molecule has 0 saturated heterocycles. The molecule has 0 unspecified atom stereocenters. The maximum absolute atomic E-state index is 12.9. The Morgan fingerprint density at radius 2 is 1.73 bits per heavy atom. The van der Waals surface area contributed by atoms with Gasteiger partial charge in [0.2, 0.25) is 0 Å². The van der Waals surface area contributed by atoms with Crippen molar-refractivity contribution < 1.29 is 19.0 Å². The Hall–Kier alpha value is -0.870. The van der Waals surface area contributed by atoms with Gasteiger partial charge in [-0.05, 0) is 142 Å². The van der Waals surface area contributed by atoms with Gasteiger partial charge in [0.1, 0.15) is 12.9 Å². The molecule has 5 rings (SSSR count). The van der Waals surface area contributed by atoms with Crippen LogP contribution < -0.4 is 0 Å². The van der Waals surface area contributed by atoms with Crippen LogP contribution in [-0.2, 0) is 19.0 Å². The Bertz CT molecular complexity index is 926. The maximum atomic E-state index is 12.9. The van der Waals surface area contributed by atoms with Crippen molar-refractivity contribution in [1.29, 1.82) is 0 Å². The van der Waals surface area contributed by atoms with E-state index in [2.05, 4.69) is 47.6 Å². The summed E-state index contributed by atoms with van der Waals surface area (Å²) in [5.74, 6) is 4.63. The highest BCUT2D eigenvalue weighted by Crippen LogP contribution is 2.67. The fraction of sp³-hybridized carbons (Fsp3) is 0.919. The van der Waals surface area contributed by atoms with Gasteiger partial charge in [-0.1, -0.05) is 53.2 Å². The summed E-state index contributed by atoms with van der Waals surface area (Å²) in [5.41, 5.74) is 2.83. The third-order valence-electron chi connectivity index (χ3n) is 13.4. The highest BCUT2D eigenvalue weighted by molar-refractivity contribution is 5.69. The van der Waals surface area contributed by atoms with Gasteiger partial charge in [0, 0.05) is 13.0 Å². The Morgan fingerprint density at radius 3 is 2.44 bits per heavy atom. The number of allylic oxidation sites excluding steroid dienone is 1. The van der Waals surface area contributed by atoms with Crippen LogP contribution in [0, 0.1) is 51.8 Å². The maximum Gasteiger partial charge on any atom is 0.306 e. The number of ether oxygens (including phenoxy) is 3. The summed E-state index contributed by atoms with van der Waals surface area (Å²) in [7, 11) is 0. The van der Waals surface area contributed by atoms with Gasteiger partial charge in [-0.2, -0.15) is 0 Å². The minimum absolute atomic E-state index is 0.0539. The van der Waals surface area contributed by atoms with Gasteiger partial charge in [-0.15, -0.1) is 0 Å². The standard InChI is InChI=1S/C37H62O4/c1-8-39-24-40-29-19-21-36(6)27(23-29)12-15-30-32-17-16-31(37(32,7)22-20-33(30)36)25(2)9-18-34(38)41-28-13-10-26(11-14-28)35(3,4)5/h12,25-26,28-33H,8-11,13-24H2,1-7H3/t25-,26?,28?,29+,30+,31-,32+,33+,36+,37-/m1/s1. The van der Waals surface area contributed by atoms with Crippen LogP contribution in [0.2, 0.25) is 0 Å². The van der Waals surface area contributed by atoms with E-state index in [1.807, 2.05) is 6.92 Å². The van der Waals surface area contributed by atoms with Crippen LogP contribution in [0.15, 0.2) is 11.6 Å². The first kappa shape index (κ1) is 31.6. The molecule has 4 heteroatoms. The first-order valence-corrected chi connectivity index (χ1v) is 17.5. The molecule has 0 aromatic carbocycles. The van der Waals surface area contributed by atoms with Gasteiger partial charge in [0.05, 0.1) is 6.10 Å². The molecule has 234 valence electrons. The van der Waals surface area contributed by atoms with Crippen molar-refractivity contribution >= 4 is 5.97 Å². The molecule has 8 atom stereocenters. The second-order valence-corrected chi connectivity index (χ2v) is 16.5. The van der Waals surface area contributed by atoms with E-state index in [0.717, 1.165) is 61.9 Å². The van der Waals surface area contributed by atoms with Crippen molar-refractivity contribution in [2.45, 2.75) is 151 Å². The molecule has 4 nitrogen and oxygen atoms in total. The molecule has 0 spiro atoms. The molecule has 5 aliphatic rings. The van der Waals surface area contributed by atoms with E-state index in [0.29, 0.717) is 41.5 Å². The van der Waals surface area contributed by atoms with Crippen molar-refractivity contribution in [2.75, 3.05) is 13.4 Å². The van der Waals surface area contributed by atoms with Crippen LogP contribution in [0.5, 0.6) is 0 Å². The molecule has 5 aliphatic carbocycles. The van der Waals surface area contributed by atoms with E-state index >= 15 is 0 Å². The predicted molar refractivity (Wildman–Crippen MR) is 166 cm³/mol. The lowest BCUT2D eigenvalue weighted by atomic mass is 9.47. The molecule has 0 aromatic rings. The van der Waals surface area contributed by atoms with E-state index in [9.17, 15) is 4.79 Å². The molecule has 4 saturated carbocycles. The van der Waals surface area contributed by atoms with Crippen LogP contribution >= 0.6 is 0 Å². The second kappa shape index (κ2) is 12.6. The molecule has 41 heavy (non-hydrogen) atoms. The monoisotopic (exact) mass is 570 g/mol. The molecule has 0 amide bonds. The SMILES string of the molecule is CCOCO[C@H]1CC[C@@]2(C)C(=CC[C@H]3[C@@H]4CC[C@H]([C@H](C)CCC(=O)OC5CCC(C(C)(C)C)CC5)[C@@]4(C)CC[C@@H]32)C1. The fourth-order valence-corrected chi connectivity index (χ4v) is 10.8. The van der Waals surface area contributed by atoms with Crippen molar-refractivity contribution in [3.05, 3.63) is 11.6 Å². The Labute approximate surface area is 252 Å². The van der Waals surface area contributed by atoms with E-state index in [1.165, 1.54) is 57.8 Å². The number of fused-ring (bicyclic) bond motifs is 5. The van der Waals surface area contributed by atoms with Crippen LogP contribution in [-0.4, -0.2) is 31.6 Å². The fourth-order valence-electron chi connectivity index (χ4n) is 10.8. The zero-order valence-corrected chi connectivity index (χ0v) is 27.6. The zero-order valence-electron chi connectivity index (χ0n) is 27.6. The lowest BCUT2D eigenvalue weighted by Gasteiger charge is -2.58. The number of esters is 1. The summed E-state index contributed by atoms with van der Waals surface area (Å²) in [4.78, 5) is 12.9. The summed E-state index contributed by atoms with van der Waals surface area (Å²) in [6.07, 6.45) is 19.4. The predicted octanol–water partition coefficient (Wildman–Crippen LogP) is 9.51. The third-order valence-corrected chi connectivity index (χ3v) is 13.4. The zero-order chi connectivity index (χ0) is 29.4.